The van der Waals surface area contributed by atoms with Gasteiger partial charge in [-0.2, -0.15) is 5.10 Å². The molecule has 2 saturated heterocycles. The Morgan fingerprint density at radius 3 is 2.75 bits per heavy atom. The van der Waals surface area contributed by atoms with Gasteiger partial charge in [0.1, 0.15) is 12.4 Å². The number of amides is 1. The molecule has 0 radical (unpaired) electrons. The summed E-state index contributed by atoms with van der Waals surface area (Å²) in [6.45, 7) is 4.04. The standard InChI is InChI=1S/C12H17N5O3/c18-12(15-6-9-3-13-4-10(9)7-15)1-2-16-8-11(5-14-16)17(19)20/h5,8-10,13H,1-4,6-7H2/t9-,10+. The van der Waals surface area contributed by atoms with Crippen molar-refractivity contribution in [2.75, 3.05) is 26.2 Å². The van der Waals surface area contributed by atoms with Crippen LogP contribution in [0.3, 0.4) is 0 Å². The summed E-state index contributed by atoms with van der Waals surface area (Å²) in [6.07, 6.45) is 2.90. The molecule has 0 aromatic carbocycles. The lowest BCUT2D eigenvalue weighted by atomic mass is 10.0. The van der Waals surface area contributed by atoms with Crippen LogP contribution in [-0.2, 0) is 11.3 Å². The van der Waals surface area contributed by atoms with Gasteiger partial charge in [-0.15, -0.1) is 0 Å². The van der Waals surface area contributed by atoms with Gasteiger partial charge in [-0.05, 0) is 11.8 Å². The zero-order chi connectivity index (χ0) is 14.1. The number of nitrogens with zero attached hydrogens (tertiary/aromatic N) is 4. The predicted octanol–water partition coefficient (Wildman–Crippen LogP) is -0.141. The summed E-state index contributed by atoms with van der Waals surface area (Å²) in [6, 6.07) is 0. The van der Waals surface area contributed by atoms with Gasteiger partial charge in [0, 0.05) is 39.1 Å². The van der Waals surface area contributed by atoms with Crippen molar-refractivity contribution < 1.29 is 9.72 Å². The molecular formula is C12H17N5O3. The Morgan fingerprint density at radius 1 is 1.45 bits per heavy atom. The molecule has 0 aliphatic carbocycles. The van der Waals surface area contributed by atoms with Crippen LogP contribution in [0.2, 0.25) is 0 Å². The monoisotopic (exact) mass is 279 g/mol. The van der Waals surface area contributed by atoms with E-state index in [1.807, 2.05) is 4.90 Å². The van der Waals surface area contributed by atoms with Crippen molar-refractivity contribution in [1.82, 2.24) is 20.0 Å². The van der Waals surface area contributed by atoms with Crippen LogP contribution in [0.1, 0.15) is 6.42 Å². The Hall–Kier alpha value is -1.96. The van der Waals surface area contributed by atoms with Gasteiger partial charge < -0.3 is 10.2 Å². The summed E-state index contributed by atoms with van der Waals surface area (Å²) < 4.78 is 1.45. The smallest absolute Gasteiger partial charge is 0.306 e. The molecule has 0 unspecified atom stereocenters. The lowest BCUT2D eigenvalue weighted by molar-refractivity contribution is -0.385. The first kappa shape index (κ1) is 13.0. The van der Waals surface area contributed by atoms with Crippen molar-refractivity contribution in [2.45, 2.75) is 13.0 Å². The van der Waals surface area contributed by atoms with Crippen molar-refractivity contribution in [3.63, 3.8) is 0 Å². The Balaban J connectivity index is 1.50. The molecule has 1 amide bonds. The molecule has 108 valence electrons. The van der Waals surface area contributed by atoms with Crippen molar-refractivity contribution in [1.29, 1.82) is 0 Å². The Bertz CT molecular complexity index is 517. The summed E-state index contributed by atoms with van der Waals surface area (Å²) in [7, 11) is 0. The van der Waals surface area contributed by atoms with E-state index in [4.69, 9.17) is 0 Å². The normalized spacial score (nSPS) is 24.9. The minimum absolute atomic E-state index is 0.0424. The Labute approximate surface area is 115 Å². The zero-order valence-corrected chi connectivity index (χ0v) is 11.1. The predicted molar refractivity (Wildman–Crippen MR) is 69.9 cm³/mol. The van der Waals surface area contributed by atoms with Crippen LogP contribution in [0.15, 0.2) is 12.4 Å². The summed E-state index contributed by atoms with van der Waals surface area (Å²) in [5.74, 6) is 1.28. The molecule has 2 fully saturated rings. The minimum atomic E-state index is -0.486. The van der Waals surface area contributed by atoms with Gasteiger partial charge in [0.2, 0.25) is 5.91 Å². The molecule has 3 rings (SSSR count). The highest BCUT2D eigenvalue weighted by Gasteiger charge is 2.37. The van der Waals surface area contributed by atoms with Gasteiger partial charge in [-0.1, -0.05) is 0 Å². The number of hydrogen-bond acceptors (Lipinski definition) is 5. The maximum Gasteiger partial charge on any atom is 0.306 e. The van der Waals surface area contributed by atoms with E-state index in [-0.39, 0.29) is 11.6 Å². The minimum Gasteiger partial charge on any atom is -0.342 e. The summed E-state index contributed by atoms with van der Waals surface area (Å²) in [5.41, 5.74) is -0.0424. The zero-order valence-electron chi connectivity index (χ0n) is 11.1. The molecule has 1 N–H and O–H groups in total. The molecule has 0 spiro atoms. The van der Waals surface area contributed by atoms with Crippen LogP contribution in [0.4, 0.5) is 5.69 Å². The van der Waals surface area contributed by atoms with E-state index >= 15 is 0 Å². The van der Waals surface area contributed by atoms with Gasteiger partial charge in [-0.25, -0.2) is 0 Å². The first-order valence-corrected chi connectivity index (χ1v) is 6.79. The van der Waals surface area contributed by atoms with E-state index in [9.17, 15) is 14.9 Å². The first-order valence-electron chi connectivity index (χ1n) is 6.79. The molecule has 2 atom stereocenters. The maximum absolute atomic E-state index is 12.1. The maximum atomic E-state index is 12.1. The molecular weight excluding hydrogens is 262 g/mol. The number of nitrogens with one attached hydrogen (secondary N) is 1. The van der Waals surface area contributed by atoms with Gasteiger partial charge in [0.15, 0.2) is 0 Å². The van der Waals surface area contributed by atoms with Crippen molar-refractivity contribution in [3.05, 3.63) is 22.5 Å². The van der Waals surface area contributed by atoms with Crippen molar-refractivity contribution in [2.24, 2.45) is 11.8 Å². The van der Waals surface area contributed by atoms with Gasteiger partial charge in [0.25, 0.3) is 0 Å². The summed E-state index contributed by atoms with van der Waals surface area (Å²) in [4.78, 5) is 24.1. The molecule has 3 heterocycles. The van der Waals surface area contributed by atoms with Crippen molar-refractivity contribution in [3.8, 4) is 0 Å². The number of nitro groups is 1. The molecule has 2 aliphatic heterocycles. The lowest BCUT2D eigenvalue weighted by Crippen LogP contribution is -2.32. The van der Waals surface area contributed by atoms with Crippen LogP contribution < -0.4 is 5.32 Å². The number of fused-ring (bicyclic) bond motifs is 1. The van der Waals surface area contributed by atoms with E-state index in [0.717, 1.165) is 26.2 Å². The average molecular weight is 279 g/mol. The summed E-state index contributed by atoms with van der Waals surface area (Å²) >= 11 is 0. The molecule has 1 aromatic rings. The highest BCUT2D eigenvalue weighted by atomic mass is 16.6. The van der Waals surface area contributed by atoms with Crippen LogP contribution >= 0.6 is 0 Å². The van der Waals surface area contributed by atoms with Crippen LogP contribution in [-0.4, -0.2) is 51.7 Å². The van der Waals surface area contributed by atoms with Crippen LogP contribution in [0.25, 0.3) is 0 Å². The van der Waals surface area contributed by atoms with Gasteiger partial charge in [-0.3, -0.25) is 19.6 Å². The number of rotatable bonds is 4. The average Bonchev–Trinajstić information content (AvgIpc) is 3.10. The lowest BCUT2D eigenvalue weighted by Gasteiger charge is -2.17. The molecule has 8 nitrogen and oxygen atoms in total. The largest absolute Gasteiger partial charge is 0.342 e. The highest BCUT2D eigenvalue weighted by Crippen LogP contribution is 2.26. The number of likely N-dealkylation sites (tertiary alicyclic amines) is 1. The number of carbonyl (C=O) groups is 1. The molecule has 0 saturated carbocycles. The fourth-order valence-corrected chi connectivity index (χ4v) is 3.00. The van der Waals surface area contributed by atoms with E-state index in [0.29, 0.717) is 24.8 Å². The Morgan fingerprint density at radius 2 is 2.15 bits per heavy atom. The van der Waals surface area contributed by atoms with E-state index in [1.165, 1.54) is 17.1 Å². The highest BCUT2D eigenvalue weighted by molar-refractivity contribution is 5.76. The third-order valence-electron chi connectivity index (χ3n) is 4.13. The summed E-state index contributed by atoms with van der Waals surface area (Å²) in [5, 5.41) is 17.8. The van der Waals surface area contributed by atoms with E-state index in [2.05, 4.69) is 10.4 Å². The second-order valence-electron chi connectivity index (χ2n) is 5.45. The van der Waals surface area contributed by atoms with Gasteiger partial charge >= 0.3 is 5.69 Å². The third-order valence-corrected chi connectivity index (χ3v) is 4.13. The van der Waals surface area contributed by atoms with Crippen LogP contribution in [0.5, 0.6) is 0 Å². The van der Waals surface area contributed by atoms with Crippen molar-refractivity contribution >= 4 is 11.6 Å². The van der Waals surface area contributed by atoms with E-state index in [1.54, 1.807) is 0 Å². The molecule has 0 bridgehead atoms. The topological polar surface area (TPSA) is 93.3 Å². The fourth-order valence-electron chi connectivity index (χ4n) is 3.00. The fraction of sp³-hybridized carbons (Fsp3) is 0.667. The Kier molecular flexibility index (Phi) is 3.39. The SMILES string of the molecule is O=C(CCn1cc([N+](=O)[O-])cn1)N1C[C@H]2CNC[C@H]2C1. The molecule has 20 heavy (non-hydrogen) atoms. The second-order valence-corrected chi connectivity index (χ2v) is 5.45. The first-order chi connectivity index (χ1) is 9.63. The second kappa shape index (κ2) is 5.20. The third kappa shape index (κ3) is 2.51. The van der Waals surface area contributed by atoms with Gasteiger partial charge in [0.05, 0.1) is 4.92 Å². The van der Waals surface area contributed by atoms with Crippen LogP contribution in [0, 0.1) is 22.0 Å². The molecule has 2 aliphatic rings. The number of carbonyl (C=O) groups excluding carboxylic acids is 1. The quantitative estimate of drug-likeness (QED) is 0.611. The molecule has 8 heteroatoms. The van der Waals surface area contributed by atoms with E-state index < -0.39 is 4.92 Å². The molecule has 1 aromatic heterocycles. The number of hydrogen-bond donors (Lipinski definition) is 1. The number of aromatic nitrogens is 2. The number of aryl methyl sites for hydroxylation is 1.